The zero-order chi connectivity index (χ0) is 15.3. The third-order valence-electron chi connectivity index (χ3n) is 4.34. The Balaban J connectivity index is 2.08. The summed E-state index contributed by atoms with van der Waals surface area (Å²) in [4.78, 5) is 0. The minimum atomic E-state index is -4.25. The van der Waals surface area contributed by atoms with E-state index in [2.05, 4.69) is 12.2 Å². The molecule has 1 aliphatic rings. The van der Waals surface area contributed by atoms with Crippen LogP contribution < -0.4 is 5.32 Å². The average Bonchev–Trinajstić information content (AvgIpc) is 2.97. The van der Waals surface area contributed by atoms with Crippen molar-refractivity contribution in [1.29, 1.82) is 0 Å². The van der Waals surface area contributed by atoms with E-state index in [-0.39, 0.29) is 0 Å². The molecule has 1 aromatic carbocycles. The van der Waals surface area contributed by atoms with Crippen LogP contribution in [-0.2, 0) is 12.6 Å². The van der Waals surface area contributed by atoms with Crippen molar-refractivity contribution in [2.24, 2.45) is 5.92 Å². The van der Waals surface area contributed by atoms with Crippen molar-refractivity contribution in [3.8, 4) is 0 Å². The van der Waals surface area contributed by atoms with Gasteiger partial charge in [-0.15, -0.1) is 0 Å². The molecule has 21 heavy (non-hydrogen) atoms. The van der Waals surface area contributed by atoms with Crippen LogP contribution in [0.15, 0.2) is 24.3 Å². The summed E-state index contributed by atoms with van der Waals surface area (Å²) in [5.74, 6) is 0.603. The van der Waals surface area contributed by atoms with Crippen LogP contribution in [-0.4, -0.2) is 12.6 Å². The van der Waals surface area contributed by atoms with Gasteiger partial charge in [-0.1, -0.05) is 38.0 Å². The Labute approximate surface area is 124 Å². The number of alkyl halides is 3. The first-order chi connectivity index (χ1) is 10.0. The molecule has 0 spiro atoms. The van der Waals surface area contributed by atoms with Gasteiger partial charge in [0.05, 0.1) is 5.56 Å². The molecule has 118 valence electrons. The van der Waals surface area contributed by atoms with Crippen molar-refractivity contribution >= 4 is 0 Å². The van der Waals surface area contributed by atoms with Gasteiger partial charge in [-0.05, 0) is 49.8 Å². The fourth-order valence-corrected chi connectivity index (χ4v) is 3.22. The predicted molar refractivity (Wildman–Crippen MR) is 79.2 cm³/mol. The Kier molecular flexibility index (Phi) is 5.68. The van der Waals surface area contributed by atoms with Crippen molar-refractivity contribution in [3.05, 3.63) is 35.4 Å². The van der Waals surface area contributed by atoms with Gasteiger partial charge < -0.3 is 5.32 Å². The molecule has 4 heteroatoms. The van der Waals surface area contributed by atoms with Crippen molar-refractivity contribution in [2.75, 3.05) is 6.54 Å². The average molecular weight is 299 g/mol. The fourth-order valence-electron chi connectivity index (χ4n) is 3.22. The lowest BCUT2D eigenvalue weighted by molar-refractivity contribution is -0.137. The topological polar surface area (TPSA) is 12.0 Å². The highest BCUT2D eigenvalue weighted by Gasteiger charge is 2.31. The first-order valence-corrected chi connectivity index (χ1v) is 7.90. The summed E-state index contributed by atoms with van der Waals surface area (Å²) in [6.07, 6.45) is 2.37. The highest BCUT2D eigenvalue weighted by molar-refractivity contribution is 5.26. The largest absolute Gasteiger partial charge is 0.416 e. The summed E-state index contributed by atoms with van der Waals surface area (Å²) >= 11 is 0. The molecule has 1 unspecified atom stereocenters. The monoisotopic (exact) mass is 299 g/mol. The molecule has 0 aromatic heterocycles. The molecule has 1 nitrogen and oxygen atoms in total. The summed E-state index contributed by atoms with van der Waals surface area (Å²) in [7, 11) is 0. The van der Waals surface area contributed by atoms with E-state index in [1.807, 2.05) is 6.07 Å². The van der Waals surface area contributed by atoms with E-state index in [1.165, 1.54) is 37.8 Å². The van der Waals surface area contributed by atoms with Gasteiger partial charge in [0.25, 0.3) is 0 Å². The van der Waals surface area contributed by atoms with Crippen LogP contribution in [0.2, 0.25) is 0 Å². The lowest BCUT2D eigenvalue weighted by atomic mass is 9.91. The van der Waals surface area contributed by atoms with E-state index >= 15 is 0 Å². The van der Waals surface area contributed by atoms with Crippen LogP contribution in [0.25, 0.3) is 0 Å². The SMILES string of the molecule is CCCNC(Cc1cccc(C(F)(F)F)c1)C1CCCC1. The first kappa shape index (κ1) is 16.3. The van der Waals surface area contributed by atoms with Crippen LogP contribution in [0.4, 0.5) is 13.2 Å². The zero-order valence-corrected chi connectivity index (χ0v) is 12.5. The molecule has 2 rings (SSSR count). The van der Waals surface area contributed by atoms with Gasteiger partial charge in [-0.2, -0.15) is 13.2 Å². The van der Waals surface area contributed by atoms with Gasteiger partial charge in [-0.25, -0.2) is 0 Å². The molecule has 1 fully saturated rings. The van der Waals surface area contributed by atoms with Crippen LogP contribution >= 0.6 is 0 Å². The molecule has 0 amide bonds. The lowest BCUT2D eigenvalue weighted by Crippen LogP contribution is -2.37. The zero-order valence-electron chi connectivity index (χ0n) is 12.5. The van der Waals surface area contributed by atoms with Crippen molar-refractivity contribution in [2.45, 2.75) is 57.7 Å². The van der Waals surface area contributed by atoms with E-state index in [4.69, 9.17) is 0 Å². The third kappa shape index (κ3) is 4.73. The molecule has 1 N–H and O–H groups in total. The Morgan fingerprint density at radius 1 is 1.24 bits per heavy atom. The molecule has 1 saturated carbocycles. The highest BCUT2D eigenvalue weighted by Crippen LogP contribution is 2.32. The summed E-state index contributed by atoms with van der Waals surface area (Å²) in [6.45, 7) is 3.04. The molecule has 1 aliphatic carbocycles. The van der Waals surface area contributed by atoms with Crippen LogP contribution in [0.3, 0.4) is 0 Å². The first-order valence-electron chi connectivity index (χ1n) is 7.90. The summed E-state index contributed by atoms with van der Waals surface area (Å²) in [5, 5.41) is 3.54. The van der Waals surface area contributed by atoms with Crippen molar-refractivity contribution in [1.82, 2.24) is 5.32 Å². The smallest absolute Gasteiger partial charge is 0.313 e. The summed E-state index contributed by atoms with van der Waals surface area (Å²) < 4.78 is 38.4. The van der Waals surface area contributed by atoms with Crippen molar-refractivity contribution in [3.63, 3.8) is 0 Å². The Bertz CT molecular complexity index is 436. The molecular weight excluding hydrogens is 275 g/mol. The second-order valence-electron chi connectivity index (χ2n) is 6.01. The maximum absolute atomic E-state index is 12.8. The lowest BCUT2D eigenvalue weighted by Gasteiger charge is -2.25. The molecule has 1 atom stereocenters. The van der Waals surface area contributed by atoms with Crippen LogP contribution in [0.1, 0.15) is 50.2 Å². The Hall–Kier alpha value is -1.03. The predicted octanol–water partition coefficient (Wildman–Crippen LogP) is 4.81. The molecular formula is C17H24F3N. The molecule has 0 radical (unpaired) electrons. The second kappa shape index (κ2) is 7.30. The van der Waals surface area contributed by atoms with Gasteiger partial charge >= 0.3 is 6.18 Å². The number of rotatable bonds is 6. The highest BCUT2D eigenvalue weighted by atomic mass is 19.4. The maximum Gasteiger partial charge on any atom is 0.416 e. The van der Waals surface area contributed by atoms with Gasteiger partial charge in [0.15, 0.2) is 0 Å². The van der Waals surface area contributed by atoms with Crippen LogP contribution in [0.5, 0.6) is 0 Å². The number of hydrogen-bond acceptors (Lipinski definition) is 1. The standard InChI is InChI=1S/C17H24F3N/c1-2-10-21-16(14-7-3-4-8-14)12-13-6-5-9-15(11-13)17(18,19)20/h5-6,9,11,14,16,21H,2-4,7-8,10,12H2,1H3. The second-order valence-corrected chi connectivity index (χ2v) is 6.01. The number of hydrogen-bond donors (Lipinski definition) is 1. The summed E-state index contributed by atoms with van der Waals surface area (Å²) in [6, 6.07) is 6.08. The minimum Gasteiger partial charge on any atom is -0.313 e. The van der Waals surface area contributed by atoms with Gasteiger partial charge in [-0.3, -0.25) is 0 Å². The van der Waals surface area contributed by atoms with E-state index in [0.29, 0.717) is 18.4 Å². The molecule has 1 aromatic rings. The normalized spacial score (nSPS) is 18.1. The van der Waals surface area contributed by atoms with E-state index in [9.17, 15) is 13.2 Å². The Morgan fingerprint density at radius 3 is 2.57 bits per heavy atom. The number of benzene rings is 1. The van der Waals surface area contributed by atoms with Crippen LogP contribution in [0, 0.1) is 5.92 Å². The quantitative estimate of drug-likeness (QED) is 0.795. The third-order valence-corrected chi connectivity index (χ3v) is 4.34. The number of nitrogens with one attached hydrogen (secondary N) is 1. The van der Waals surface area contributed by atoms with Crippen molar-refractivity contribution < 1.29 is 13.2 Å². The van der Waals surface area contributed by atoms with Gasteiger partial charge in [0.1, 0.15) is 0 Å². The van der Waals surface area contributed by atoms with E-state index < -0.39 is 11.7 Å². The van der Waals surface area contributed by atoms with Gasteiger partial charge in [0, 0.05) is 6.04 Å². The molecule has 0 saturated heterocycles. The minimum absolute atomic E-state index is 0.302. The number of halogens is 3. The maximum atomic E-state index is 12.8. The van der Waals surface area contributed by atoms with E-state index in [1.54, 1.807) is 0 Å². The van der Waals surface area contributed by atoms with Gasteiger partial charge in [0.2, 0.25) is 0 Å². The molecule has 0 heterocycles. The fraction of sp³-hybridized carbons (Fsp3) is 0.647. The molecule has 0 bridgehead atoms. The van der Waals surface area contributed by atoms with E-state index in [0.717, 1.165) is 24.6 Å². The Morgan fingerprint density at radius 2 is 1.95 bits per heavy atom. The summed E-state index contributed by atoms with van der Waals surface area (Å²) in [5.41, 5.74) is 0.242. The molecule has 0 aliphatic heterocycles.